The molecule has 13 heavy (non-hydrogen) atoms. The minimum Gasteiger partial charge on any atom is -0.204 e. The van der Waals surface area contributed by atoms with E-state index in [0.29, 0.717) is 0 Å². The van der Waals surface area contributed by atoms with Gasteiger partial charge < -0.3 is 0 Å². The molecule has 1 rings (SSSR count). The molecule has 0 heterocycles. The maximum Gasteiger partial charge on any atom is 0.417 e. The third kappa shape index (κ3) is 1.93. The summed E-state index contributed by atoms with van der Waals surface area (Å²) >= 11 is 0. The van der Waals surface area contributed by atoms with Crippen molar-refractivity contribution in [3.05, 3.63) is 35.1 Å². The van der Waals surface area contributed by atoms with Gasteiger partial charge >= 0.3 is 6.18 Å². The van der Waals surface area contributed by atoms with Crippen molar-refractivity contribution in [2.45, 2.75) is 6.18 Å². The van der Waals surface area contributed by atoms with Crippen molar-refractivity contribution >= 4 is 0 Å². The van der Waals surface area contributed by atoms with Crippen LogP contribution >= 0.6 is 0 Å². The van der Waals surface area contributed by atoms with Crippen molar-refractivity contribution in [1.29, 1.82) is 0 Å². The van der Waals surface area contributed by atoms with Gasteiger partial charge in [-0.2, -0.15) is 13.2 Å². The third-order valence-electron chi connectivity index (χ3n) is 1.22. The van der Waals surface area contributed by atoms with Crippen LogP contribution in [0.5, 0.6) is 0 Å². The van der Waals surface area contributed by atoms with Gasteiger partial charge in [0.1, 0.15) is 0 Å². The second-order valence-electron chi connectivity index (χ2n) is 2.16. The van der Waals surface area contributed by atoms with Gasteiger partial charge in [-0.25, -0.2) is 13.2 Å². The fourth-order valence-electron chi connectivity index (χ4n) is 0.657. The third-order valence-corrected chi connectivity index (χ3v) is 1.22. The SMILES string of the molecule is Fc1[c]c(C(F)(F)F)cc(F)c1F. The highest BCUT2D eigenvalue weighted by Crippen LogP contribution is 2.30. The Morgan fingerprint density at radius 1 is 1.08 bits per heavy atom. The zero-order chi connectivity index (χ0) is 10.2. The predicted molar refractivity (Wildman–Crippen MR) is 30.2 cm³/mol. The Morgan fingerprint density at radius 3 is 2.00 bits per heavy atom. The molecule has 1 radical (unpaired) electrons. The highest BCUT2D eigenvalue weighted by atomic mass is 19.4. The van der Waals surface area contributed by atoms with E-state index in [2.05, 4.69) is 0 Å². The molecule has 0 nitrogen and oxygen atoms in total. The van der Waals surface area contributed by atoms with Crippen molar-refractivity contribution in [2.75, 3.05) is 0 Å². The van der Waals surface area contributed by atoms with E-state index in [9.17, 15) is 26.3 Å². The number of halogens is 6. The average molecular weight is 199 g/mol. The molecule has 0 amide bonds. The molecular formula is C7HF6. The van der Waals surface area contributed by atoms with Crippen LogP contribution in [0.4, 0.5) is 26.3 Å². The molecule has 0 unspecified atom stereocenters. The number of benzene rings is 1. The van der Waals surface area contributed by atoms with E-state index in [4.69, 9.17) is 0 Å². The van der Waals surface area contributed by atoms with Crippen LogP contribution in [0.1, 0.15) is 5.56 Å². The van der Waals surface area contributed by atoms with E-state index in [1.807, 2.05) is 0 Å². The zero-order valence-electron chi connectivity index (χ0n) is 5.85. The van der Waals surface area contributed by atoms with Crippen molar-refractivity contribution in [2.24, 2.45) is 0 Å². The summed E-state index contributed by atoms with van der Waals surface area (Å²) in [5.41, 5.74) is -1.68. The van der Waals surface area contributed by atoms with Crippen LogP contribution in [0.3, 0.4) is 0 Å². The highest BCUT2D eigenvalue weighted by molar-refractivity contribution is 5.20. The molecular weight excluding hydrogens is 198 g/mol. The molecule has 0 aliphatic rings. The van der Waals surface area contributed by atoms with Gasteiger partial charge in [-0.05, 0) is 6.07 Å². The van der Waals surface area contributed by atoms with Gasteiger partial charge in [0.15, 0.2) is 17.5 Å². The van der Waals surface area contributed by atoms with Crippen molar-refractivity contribution in [3.8, 4) is 0 Å². The van der Waals surface area contributed by atoms with E-state index in [1.54, 1.807) is 0 Å². The first-order valence-electron chi connectivity index (χ1n) is 2.96. The Labute approximate surface area is 68.8 Å². The van der Waals surface area contributed by atoms with E-state index in [1.165, 1.54) is 0 Å². The molecule has 6 heteroatoms. The van der Waals surface area contributed by atoms with Gasteiger partial charge in [0.05, 0.1) is 5.56 Å². The standard InChI is InChI=1S/C7HF6/c8-4-1-3(7(11,12)13)2-5(9)6(4)10/h1H. The lowest BCUT2D eigenvalue weighted by Gasteiger charge is -2.06. The summed E-state index contributed by atoms with van der Waals surface area (Å²) in [7, 11) is 0. The Hall–Kier alpha value is -1.20. The number of hydrogen-bond donors (Lipinski definition) is 0. The number of hydrogen-bond acceptors (Lipinski definition) is 0. The minimum atomic E-state index is -4.94. The highest BCUT2D eigenvalue weighted by Gasteiger charge is 2.33. The van der Waals surface area contributed by atoms with Crippen molar-refractivity contribution in [3.63, 3.8) is 0 Å². The monoisotopic (exact) mass is 199 g/mol. The Kier molecular flexibility index (Phi) is 2.23. The maximum absolute atomic E-state index is 12.2. The predicted octanol–water partition coefficient (Wildman–Crippen LogP) is 2.92. The first-order chi connectivity index (χ1) is 5.82. The Morgan fingerprint density at radius 2 is 1.62 bits per heavy atom. The van der Waals surface area contributed by atoms with Gasteiger partial charge in [-0.1, -0.05) is 0 Å². The Bertz CT molecular complexity index is 303. The normalized spacial score (nSPS) is 11.8. The smallest absolute Gasteiger partial charge is 0.204 e. The fourth-order valence-corrected chi connectivity index (χ4v) is 0.657. The first-order valence-corrected chi connectivity index (χ1v) is 2.96. The molecule has 0 bridgehead atoms. The van der Waals surface area contributed by atoms with E-state index < -0.39 is 29.2 Å². The van der Waals surface area contributed by atoms with Gasteiger partial charge in [0, 0.05) is 6.07 Å². The number of rotatable bonds is 0. The molecule has 71 valence electrons. The zero-order valence-corrected chi connectivity index (χ0v) is 5.85. The Balaban J connectivity index is 3.29. The largest absolute Gasteiger partial charge is 0.417 e. The molecule has 1 aromatic rings. The molecule has 0 saturated heterocycles. The van der Waals surface area contributed by atoms with Crippen LogP contribution in [0, 0.1) is 23.5 Å². The second-order valence-corrected chi connectivity index (χ2v) is 2.16. The quantitative estimate of drug-likeness (QED) is 0.445. The van der Waals surface area contributed by atoms with Crippen LogP contribution in [0.15, 0.2) is 6.07 Å². The van der Waals surface area contributed by atoms with E-state index in [-0.39, 0.29) is 6.07 Å². The molecule has 1 aromatic carbocycles. The summed E-state index contributed by atoms with van der Waals surface area (Å²) in [6.07, 6.45) is -4.94. The van der Waals surface area contributed by atoms with E-state index in [0.717, 1.165) is 6.07 Å². The molecule has 0 aliphatic carbocycles. The summed E-state index contributed by atoms with van der Waals surface area (Å²) in [5.74, 6) is -5.83. The van der Waals surface area contributed by atoms with Gasteiger partial charge in [-0.15, -0.1) is 0 Å². The molecule has 0 aromatic heterocycles. The molecule has 0 saturated carbocycles. The summed E-state index contributed by atoms with van der Waals surface area (Å²) in [5, 5.41) is 0. The topological polar surface area (TPSA) is 0 Å². The van der Waals surface area contributed by atoms with Crippen LogP contribution < -0.4 is 0 Å². The molecule has 0 spiro atoms. The van der Waals surface area contributed by atoms with E-state index >= 15 is 0 Å². The lowest BCUT2D eigenvalue weighted by atomic mass is 10.2. The molecule has 0 aliphatic heterocycles. The molecule has 0 fully saturated rings. The van der Waals surface area contributed by atoms with Gasteiger partial charge in [0.25, 0.3) is 0 Å². The first kappa shape index (κ1) is 9.88. The summed E-state index contributed by atoms with van der Waals surface area (Å²) in [6, 6.07) is 0.895. The van der Waals surface area contributed by atoms with Crippen LogP contribution in [-0.2, 0) is 6.18 Å². The van der Waals surface area contributed by atoms with Crippen molar-refractivity contribution in [1.82, 2.24) is 0 Å². The maximum atomic E-state index is 12.2. The van der Waals surface area contributed by atoms with Crippen LogP contribution in [-0.4, -0.2) is 0 Å². The van der Waals surface area contributed by atoms with Crippen LogP contribution in [0.2, 0.25) is 0 Å². The fraction of sp³-hybridized carbons (Fsp3) is 0.143. The summed E-state index contributed by atoms with van der Waals surface area (Å²) in [4.78, 5) is 0. The average Bonchev–Trinajstić information content (AvgIpc) is 1.97. The summed E-state index contributed by atoms with van der Waals surface area (Å²) in [6.45, 7) is 0. The minimum absolute atomic E-state index is 0.154. The van der Waals surface area contributed by atoms with Gasteiger partial charge in [-0.3, -0.25) is 0 Å². The lowest BCUT2D eigenvalue weighted by molar-refractivity contribution is -0.138. The lowest BCUT2D eigenvalue weighted by Crippen LogP contribution is -2.08. The van der Waals surface area contributed by atoms with Crippen molar-refractivity contribution < 1.29 is 26.3 Å². The number of alkyl halides is 3. The second kappa shape index (κ2) is 2.93. The molecule has 0 N–H and O–H groups in total. The molecule has 0 atom stereocenters. The summed E-state index contributed by atoms with van der Waals surface area (Å²) < 4.78 is 72.0. The van der Waals surface area contributed by atoms with Gasteiger partial charge in [0.2, 0.25) is 0 Å². The van der Waals surface area contributed by atoms with Crippen LogP contribution in [0.25, 0.3) is 0 Å².